The molecule has 28 heavy (non-hydrogen) atoms. The number of ether oxygens (including phenoxy) is 1. The van der Waals surface area contributed by atoms with Crippen molar-refractivity contribution in [3.8, 4) is 0 Å². The first-order valence-electron chi connectivity index (χ1n) is 9.92. The van der Waals surface area contributed by atoms with E-state index in [9.17, 15) is 14.4 Å². The van der Waals surface area contributed by atoms with Crippen molar-refractivity contribution in [3.63, 3.8) is 0 Å². The molecule has 3 rings (SSSR count). The standard InChI is InChI=1S/C21H27N3O4/c1-13-7-3-5-9-16(13)23-20(26)14(2)28-19(25)12-11-18-22-17-10-6-4-8-15(17)21(27)24-18/h4,6,8,10,13-14,16H,3,5,7,9,11-12H2,1-2H3,(H,23,26)(H,22,24,27)/t13-,14+,16-/m0/s1. The molecule has 1 amide bonds. The quantitative estimate of drug-likeness (QED) is 0.744. The molecule has 150 valence electrons. The summed E-state index contributed by atoms with van der Waals surface area (Å²) in [6, 6.07) is 7.18. The first-order valence-corrected chi connectivity index (χ1v) is 9.92. The molecule has 1 aromatic heterocycles. The number of hydrogen-bond acceptors (Lipinski definition) is 5. The number of H-pyrrole nitrogens is 1. The first kappa shape index (κ1) is 20.0. The van der Waals surface area contributed by atoms with Crippen molar-refractivity contribution in [2.24, 2.45) is 5.92 Å². The van der Waals surface area contributed by atoms with Gasteiger partial charge in [-0.05, 0) is 37.8 Å². The smallest absolute Gasteiger partial charge is 0.307 e. The van der Waals surface area contributed by atoms with Crippen LogP contribution in [-0.2, 0) is 20.7 Å². The highest BCUT2D eigenvalue weighted by Crippen LogP contribution is 2.23. The fraction of sp³-hybridized carbons (Fsp3) is 0.524. The van der Waals surface area contributed by atoms with Gasteiger partial charge in [-0.3, -0.25) is 14.4 Å². The minimum Gasteiger partial charge on any atom is -0.453 e. The maximum atomic E-state index is 12.3. The van der Waals surface area contributed by atoms with E-state index in [4.69, 9.17) is 4.74 Å². The Kier molecular flexibility index (Phi) is 6.44. The maximum Gasteiger partial charge on any atom is 0.307 e. The van der Waals surface area contributed by atoms with Gasteiger partial charge in [0.25, 0.3) is 11.5 Å². The minimum absolute atomic E-state index is 0.0404. The summed E-state index contributed by atoms with van der Waals surface area (Å²) in [5.41, 5.74) is 0.354. The highest BCUT2D eigenvalue weighted by Gasteiger charge is 2.26. The summed E-state index contributed by atoms with van der Waals surface area (Å²) in [6.07, 6.45) is 3.82. The molecule has 1 aliphatic rings. The second kappa shape index (κ2) is 8.99. The number of amides is 1. The number of nitrogens with one attached hydrogen (secondary N) is 2. The van der Waals surface area contributed by atoms with Crippen molar-refractivity contribution in [1.29, 1.82) is 0 Å². The van der Waals surface area contributed by atoms with Crippen LogP contribution in [0.4, 0.5) is 0 Å². The molecule has 1 aromatic carbocycles. The van der Waals surface area contributed by atoms with Crippen molar-refractivity contribution < 1.29 is 14.3 Å². The molecule has 0 radical (unpaired) electrons. The Morgan fingerprint density at radius 1 is 1.29 bits per heavy atom. The average Bonchev–Trinajstić information content (AvgIpc) is 2.68. The fourth-order valence-corrected chi connectivity index (χ4v) is 3.61. The molecular formula is C21H27N3O4. The Bertz CT molecular complexity index is 908. The van der Waals surface area contributed by atoms with Crippen LogP contribution in [0.3, 0.4) is 0 Å². The van der Waals surface area contributed by atoms with E-state index in [0.717, 1.165) is 19.3 Å². The molecule has 0 bridgehead atoms. The number of aryl methyl sites for hydroxylation is 1. The SMILES string of the molecule is C[C@@H](OC(=O)CCc1nc2ccccc2c(=O)[nH]1)C(=O)N[C@H]1CCCC[C@@H]1C. The third kappa shape index (κ3) is 4.97. The maximum absolute atomic E-state index is 12.3. The van der Waals surface area contributed by atoms with Gasteiger partial charge in [0.05, 0.1) is 17.3 Å². The van der Waals surface area contributed by atoms with E-state index >= 15 is 0 Å². The monoisotopic (exact) mass is 385 g/mol. The molecule has 0 unspecified atom stereocenters. The van der Waals surface area contributed by atoms with Crippen molar-refractivity contribution in [3.05, 3.63) is 40.4 Å². The van der Waals surface area contributed by atoms with Gasteiger partial charge < -0.3 is 15.0 Å². The number of benzene rings is 1. The summed E-state index contributed by atoms with van der Waals surface area (Å²) < 4.78 is 5.26. The molecule has 0 aliphatic heterocycles. The lowest BCUT2D eigenvalue weighted by atomic mass is 9.86. The van der Waals surface area contributed by atoms with E-state index in [-0.39, 0.29) is 30.3 Å². The van der Waals surface area contributed by atoms with Crippen LogP contribution in [0.25, 0.3) is 10.9 Å². The molecule has 2 N–H and O–H groups in total. The molecule has 1 heterocycles. The zero-order valence-electron chi connectivity index (χ0n) is 16.4. The van der Waals surface area contributed by atoms with Gasteiger partial charge in [0.2, 0.25) is 0 Å². The summed E-state index contributed by atoms with van der Waals surface area (Å²) >= 11 is 0. The van der Waals surface area contributed by atoms with Gasteiger partial charge in [0, 0.05) is 12.5 Å². The number of carbonyl (C=O) groups excluding carboxylic acids is 2. The van der Waals surface area contributed by atoms with Gasteiger partial charge in [-0.25, -0.2) is 4.98 Å². The number of aromatic amines is 1. The number of rotatable bonds is 6. The third-order valence-corrected chi connectivity index (χ3v) is 5.34. The first-order chi connectivity index (χ1) is 13.4. The van der Waals surface area contributed by atoms with E-state index in [1.807, 2.05) is 0 Å². The number of para-hydroxylation sites is 1. The molecule has 2 aromatic rings. The van der Waals surface area contributed by atoms with Crippen LogP contribution < -0.4 is 10.9 Å². The Labute approximate surface area is 163 Å². The van der Waals surface area contributed by atoms with Gasteiger partial charge in [-0.15, -0.1) is 0 Å². The Morgan fingerprint density at radius 2 is 2.04 bits per heavy atom. The van der Waals surface area contributed by atoms with Crippen molar-refractivity contribution in [2.45, 2.75) is 64.5 Å². The van der Waals surface area contributed by atoms with E-state index in [1.54, 1.807) is 31.2 Å². The molecule has 1 saturated carbocycles. The highest BCUT2D eigenvalue weighted by atomic mass is 16.5. The second-order valence-electron chi connectivity index (χ2n) is 7.54. The number of hydrogen-bond donors (Lipinski definition) is 2. The normalized spacial score (nSPS) is 20.5. The molecule has 0 saturated heterocycles. The Balaban J connectivity index is 1.51. The predicted molar refractivity (Wildman–Crippen MR) is 106 cm³/mol. The molecule has 3 atom stereocenters. The molecule has 1 fully saturated rings. The van der Waals surface area contributed by atoms with Crippen molar-refractivity contribution >= 4 is 22.8 Å². The molecule has 1 aliphatic carbocycles. The predicted octanol–water partition coefficient (Wildman–Crippen LogP) is 2.48. The zero-order chi connectivity index (χ0) is 20.1. The number of fused-ring (bicyclic) bond motifs is 1. The second-order valence-corrected chi connectivity index (χ2v) is 7.54. The average molecular weight is 385 g/mol. The van der Waals surface area contributed by atoms with Crippen LogP contribution in [0, 0.1) is 5.92 Å². The lowest BCUT2D eigenvalue weighted by Gasteiger charge is -2.30. The third-order valence-electron chi connectivity index (χ3n) is 5.34. The lowest BCUT2D eigenvalue weighted by molar-refractivity contribution is -0.155. The number of nitrogens with zero attached hydrogens (tertiary/aromatic N) is 1. The minimum atomic E-state index is -0.842. The van der Waals surface area contributed by atoms with E-state index in [2.05, 4.69) is 22.2 Å². The number of esters is 1. The van der Waals surface area contributed by atoms with Gasteiger partial charge in [-0.2, -0.15) is 0 Å². The lowest BCUT2D eigenvalue weighted by Crippen LogP contribution is -2.46. The highest BCUT2D eigenvalue weighted by molar-refractivity contribution is 5.83. The summed E-state index contributed by atoms with van der Waals surface area (Å²) in [6.45, 7) is 3.72. The molecule has 7 heteroatoms. The summed E-state index contributed by atoms with van der Waals surface area (Å²) in [5.74, 6) is 0.115. The molecular weight excluding hydrogens is 358 g/mol. The van der Waals surface area contributed by atoms with Crippen LogP contribution in [-0.4, -0.2) is 34.0 Å². The van der Waals surface area contributed by atoms with Crippen LogP contribution in [0.5, 0.6) is 0 Å². The van der Waals surface area contributed by atoms with Crippen LogP contribution in [0.15, 0.2) is 29.1 Å². The van der Waals surface area contributed by atoms with E-state index < -0.39 is 12.1 Å². The molecule has 0 spiro atoms. The summed E-state index contributed by atoms with van der Waals surface area (Å²) in [5, 5.41) is 3.51. The topological polar surface area (TPSA) is 101 Å². The van der Waals surface area contributed by atoms with Gasteiger partial charge in [0.15, 0.2) is 6.10 Å². The Morgan fingerprint density at radius 3 is 2.82 bits per heavy atom. The van der Waals surface area contributed by atoms with Gasteiger partial charge >= 0.3 is 5.97 Å². The van der Waals surface area contributed by atoms with Crippen LogP contribution >= 0.6 is 0 Å². The van der Waals surface area contributed by atoms with Crippen LogP contribution in [0.2, 0.25) is 0 Å². The van der Waals surface area contributed by atoms with E-state index in [1.165, 1.54) is 6.42 Å². The Hall–Kier alpha value is -2.70. The zero-order valence-corrected chi connectivity index (χ0v) is 16.4. The van der Waals surface area contributed by atoms with E-state index in [0.29, 0.717) is 22.6 Å². The summed E-state index contributed by atoms with van der Waals surface area (Å²) in [4.78, 5) is 43.5. The molecule has 7 nitrogen and oxygen atoms in total. The van der Waals surface area contributed by atoms with Gasteiger partial charge in [0.1, 0.15) is 5.82 Å². The van der Waals surface area contributed by atoms with Crippen molar-refractivity contribution in [2.75, 3.05) is 0 Å². The van der Waals surface area contributed by atoms with Crippen molar-refractivity contribution in [1.82, 2.24) is 15.3 Å². The number of aromatic nitrogens is 2. The number of carbonyl (C=O) groups is 2. The fourth-order valence-electron chi connectivity index (χ4n) is 3.61. The van der Waals surface area contributed by atoms with Crippen LogP contribution in [0.1, 0.15) is 51.8 Å². The summed E-state index contributed by atoms with van der Waals surface area (Å²) in [7, 11) is 0. The largest absolute Gasteiger partial charge is 0.453 e. The van der Waals surface area contributed by atoms with Gasteiger partial charge in [-0.1, -0.05) is 31.9 Å².